The fourth-order valence-corrected chi connectivity index (χ4v) is 1.24. The minimum absolute atomic E-state index is 0.284. The summed E-state index contributed by atoms with van der Waals surface area (Å²) in [6.07, 6.45) is 0.696. The molecule has 0 aromatic heterocycles. The van der Waals surface area contributed by atoms with Crippen molar-refractivity contribution in [3.63, 3.8) is 0 Å². The number of nitrogens with two attached hydrogens (primary N) is 1. The molecule has 104 valence electrons. The lowest BCUT2D eigenvalue weighted by molar-refractivity contribution is -0.117. The van der Waals surface area contributed by atoms with Crippen LogP contribution in [0.25, 0.3) is 0 Å². The van der Waals surface area contributed by atoms with Crippen LogP contribution in [0.15, 0.2) is 36.4 Å². The van der Waals surface area contributed by atoms with Gasteiger partial charge < -0.3 is 10.6 Å². The van der Waals surface area contributed by atoms with Gasteiger partial charge in [-0.05, 0) is 27.1 Å². The maximum Gasteiger partial charge on any atom is 0.131 e. The van der Waals surface area contributed by atoms with E-state index in [0.717, 1.165) is 19.6 Å². The smallest absolute Gasteiger partial charge is 0.131 e. The molecule has 0 bridgehead atoms. The second-order valence-corrected chi connectivity index (χ2v) is 3.63. The first-order valence-corrected chi connectivity index (χ1v) is 6.50. The summed E-state index contributed by atoms with van der Waals surface area (Å²) in [7, 11) is 1.50. The number of hydrogen-bond donors (Lipinski definition) is 1. The van der Waals surface area contributed by atoms with Crippen LogP contribution < -0.4 is 5.73 Å². The number of benzene rings is 1. The van der Waals surface area contributed by atoms with Crippen molar-refractivity contribution in [3.05, 3.63) is 36.4 Å². The van der Waals surface area contributed by atoms with Crippen molar-refractivity contribution in [3.8, 4) is 0 Å². The van der Waals surface area contributed by atoms with E-state index in [1.54, 1.807) is 6.92 Å². The third-order valence-electron chi connectivity index (χ3n) is 2.34. The highest BCUT2D eigenvalue weighted by Crippen LogP contribution is 1.90. The maximum absolute atomic E-state index is 10.6. The van der Waals surface area contributed by atoms with Crippen molar-refractivity contribution >= 4 is 5.78 Å². The van der Waals surface area contributed by atoms with Gasteiger partial charge in [-0.2, -0.15) is 0 Å². The Morgan fingerprint density at radius 1 is 0.944 bits per heavy atom. The van der Waals surface area contributed by atoms with Crippen LogP contribution in [-0.4, -0.2) is 37.4 Å². The standard InChI is InChI=1S/C8H17NO.C6H6.CH5N/c1-4-9(5-2)7-6-8(3)10;1-2-4-6-5-3-1;1-2/h4-7H2,1-3H3;1-6H;2H2,1H3. The molecular weight excluding hydrogens is 224 g/mol. The Morgan fingerprint density at radius 3 is 1.50 bits per heavy atom. The molecule has 3 heteroatoms. The van der Waals surface area contributed by atoms with Gasteiger partial charge in [0.15, 0.2) is 0 Å². The molecule has 0 aliphatic rings. The molecule has 0 amide bonds. The molecule has 3 nitrogen and oxygen atoms in total. The Balaban J connectivity index is 0. The van der Waals surface area contributed by atoms with Gasteiger partial charge in [-0.15, -0.1) is 0 Å². The minimum atomic E-state index is 0.284. The van der Waals surface area contributed by atoms with Crippen molar-refractivity contribution in [1.82, 2.24) is 4.90 Å². The van der Waals surface area contributed by atoms with Gasteiger partial charge in [0.25, 0.3) is 0 Å². The van der Waals surface area contributed by atoms with Gasteiger partial charge in [0.2, 0.25) is 0 Å². The van der Waals surface area contributed by atoms with Gasteiger partial charge in [0.1, 0.15) is 5.78 Å². The summed E-state index contributed by atoms with van der Waals surface area (Å²) in [4.78, 5) is 12.8. The van der Waals surface area contributed by atoms with E-state index < -0.39 is 0 Å². The van der Waals surface area contributed by atoms with Crippen molar-refractivity contribution in [1.29, 1.82) is 0 Å². The average molecular weight is 252 g/mol. The Bertz CT molecular complexity index is 232. The molecule has 0 aliphatic heterocycles. The molecule has 1 rings (SSSR count). The second kappa shape index (κ2) is 15.8. The third kappa shape index (κ3) is 14.8. The Labute approximate surface area is 112 Å². The van der Waals surface area contributed by atoms with E-state index in [1.807, 2.05) is 36.4 Å². The number of carbonyl (C=O) groups is 1. The number of hydrogen-bond acceptors (Lipinski definition) is 3. The van der Waals surface area contributed by atoms with Crippen molar-refractivity contribution < 1.29 is 4.79 Å². The van der Waals surface area contributed by atoms with Crippen molar-refractivity contribution in [2.75, 3.05) is 26.7 Å². The SMILES string of the molecule is CCN(CC)CCC(C)=O.CN.c1ccccc1. The minimum Gasteiger partial charge on any atom is -0.333 e. The zero-order chi connectivity index (χ0) is 14.2. The normalized spacial score (nSPS) is 8.78. The zero-order valence-electron chi connectivity index (χ0n) is 12.2. The lowest BCUT2D eigenvalue weighted by Gasteiger charge is -2.16. The molecule has 0 aliphatic carbocycles. The van der Waals surface area contributed by atoms with Crippen LogP contribution >= 0.6 is 0 Å². The summed E-state index contributed by atoms with van der Waals surface area (Å²) in [5.41, 5.74) is 4.50. The van der Waals surface area contributed by atoms with Crippen LogP contribution in [-0.2, 0) is 4.79 Å². The average Bonchev–Trinajstić information content (AvgIpc) is 2.44. The first kappa shape index (κ1) is 19.2. The molecule has 0 heterocycles. The van der Waals surface area contributed by atoms with E-state index in [0.29, 0.717) is 6.42 Å². The van der Waals surface area contributed by atoms with E-state index in [4.69, 9.17) is 0 Å². The Morgan fingerprint density at radius 2 is 1.28 bits per heavy atom. The quantitative estimate of drug-likeness (QED) is 0.876. The van der Waals surface area contributed by atoms with E-state index >= 15 is 0 Å². The predicted octanol–water partition coefficient (Wildman–Crippen LogP) is 2.57. The monoisotopic (exact) mass is 252 g/mol. The lowest BCUT2D eigenvalue weighted by atomic mass is 10.3. The summed E-state index contributed by atoms with van der Waals surface area (Å²) in [5, 5.41) is 0. The molecule has 1 aromatic carbocycles. The van der Waals surface area contributed by atoms with Gasteiger partial charge in [-0.1, -0.05) is 50.2 Å². The maximum atomic E-state index is 10.6. The molecular formula is C15H28N2O. The van der Waals surface area contributed by atoms with E-state index in [1.165, 1.54) is 7.05 Å². The summed E-state index contributed by atoms with van der Waals surface area (Å²) in [6.45, 7) is 8.88. The van der Waals surface area contributed by atoms with Crippen molar-refractivity contribution in [2.24, 2.45) is 5.73 Å². The van der Waals surface area contributed by atoms with Gasteiger partial charge >= 0.3 is 0 Å². The fraction of sp³-hybridized carbons (Fsp3) is 0.533. The van der Waals surface area contributed by atoms with Crippen LogP contribution in [0.3, 0.4) is 0 Å². The van der Waals surface area contributed by atoms with E-state index in [2.05, 4.69) is 24.5 Å². The number of rotatable bonds is 5. The topological polar surface area (TPSA) is 46.3 Å². The number of ketones is 1. The molecule has 2 N–H and O–H groups in total. The van der Waals surface area contributed by atoms with Crippen molar-refractivity contribution in [2.45, 2.75) is 27.2 Å². The highest BCUT2D eigenvalue weighted by Gasteiger charge is 1.99. The Hall–Kier alpha value is -1.19. The zero-order valence-corrected chi connectivity index (χ0v) is 12.2. The van der Waals surface area contributed by atoms with E-state index in [9.17, 15) is 4.79 Å². The molecule has 0 atom stereocenters. The largest absolute Gasteiger partial charge is 0.333 e. The first-order valence-electron chi connectivity index (χ1n) is 6.50. The van der Waals surface area contributed by atoms with Gasteiger partial charge in [-0.3, -0.25) is 4.79 Å². The van der Waals surface area contributed by atoms with Crippen LogP contribution in [0.2, 0.25) is 0 Å². The first-order chi connectivity index (χ1) is 8.70. The van der Waals surface area contributed by atoms with Crippen LogP contribution in [0.1, 0.15) is 27.2 Å². The van der Waals surface area contributed by atoms with Crippen LogP contribution in [0.4, 0.5) is 0 Å². The highest BCUT2D eigenvalue weighted by molar-refractivity contribution is 5.75. The number of Topliss-reactive ketones (excluding diaryl/α,β-unsaturated/α-hetero) is 1. The molecule has 0 saturated carbocycles. The lowest BCUT2D eigenvalue weighted by Crippen LogP contribution is -2.25. The molecule has 0 fully saturated rings. The fourth-order valence-electron chi connectivity index (χ4n) is 1.24. The van der Waals surface area contributed by atoms with E-state index in [-0.39, 0.29) is 5.78 Å². The predicted molar refractivity (Wildman–Crippen MR) is 79.6 cm³/mol. The Kier molecular flexibility index (Phi) is 16.8. The number of nitrogens with zero attached hydrogens (tertiary/aromatic N) is 1. The molecule has 18 heavy (non-hydrogen) atoms. The summed E-state index contributed by atoms with van der Waals surface area (Å²) in [5.74, 6) is 0.284. The molecule has 0 radical (unpaired) electrons. The highest BCUT2D eigenvalue weighted by atomic mass is 16.1. The molecule has 0 saturated heterocycles. The van der Waals surface area contributed by atoms with Crippen LogP contribution in [0, 0.1) is 0 Å². The summed E-state index contributed by atoms with van der Waals surface area (Å²) < 4.78 is 0. The number of carbonyl (C=O) groups excluding carboxylic acids is 1. The van der Waals surface area contributed by atoms with Gasteiger partial charge in [-0.25, -0.2) is 0 Å². The van der Waals surface area contributed by atoms with Crippen LogP contribution in [0.5, 0.6) is 0 Å². The summed E-state index contributed by atoms with van der Waals surface area (Å²) in [6, 6.07) is 12.0. The molecule has 0 unspecified atom stereocenters. The molecule has 0 spiro atoms. The van der Waals surface area contributed by atoms with Gasteiger partial charge in [0, 0.05) is 13.0 Å². The van der Waals surface area contributed by atoms with Gasteiger partial charge in [0.05, 0.1) is 0 Å². The third-order valence-corrected chi connectivity index (χ3v) is 2.34. The summed E-state index contributed by atoms with van der Waals surface area (Å²) >= 11 is 0. The second-order valence-electron chi connectivity index (χ2n) is 3.63. The molecule has 1 aromatic rings.